The molecule has 0 heterocycles. The smallest absolute Gasteiger partial charge is 0.0496 e. The first kappa shape index (κ1) is 10.7. The van der Waals surface area contributed by atoms with Crippen LogP contribution >= 0.6 is 0 Å². The lowest BCUT2D eigenvalue weighted by Gasteiger charge is -2.41. The Morgan fingerprint density at radius 2 is 2.00 bits per heavy atom. The van der Waals surface area contributed by atoms with Crippen molar-refractivity contribution < 1.29 is 10.2 Å². The van der Waals surface area contributed by atoms with Gasteiger partial charge in [0.25, 0.3) is 0 Å². The van der Waals surface area contributed by atoms with Gasteiger partial charge in [0.15, 0.2) is 0 Å². The molecular weight excluding hydrogens is 164 g/mol. The molecule has 1 saturated carbocycles. The molecular formula is C11H20O2. The molecule has 1 fully saturated rings. The molecule has 0 radical (unpaired) electrons. The standard InChI is InChI=1S/C11H20O2/c1-8-10(7-13)4-9(6-12)5-11(8,2)3/h9-10,12-13H,1,4-7H2,2-3H3/t9-,10-/m0/s1. The van der Waals surface area contributed by atoms with Crippen LogP contribution in [0.25, 0.3) is 0 Å². The van der Waals surface area contributed by atoms with E-state index in [0.717, 1.165) is 18.4 Å². The molecule has 0 unspecified atom stereocenters. The molecule has 1 aliphatic carbocycles. The summed E-state index contributed by atoms with van der Waals surface area (Å²) in [7, 11) is 0. The molecule has 2 N–H and O–H groups in total. The van der Waals surface area contributed by atoms with Gasteiger partial charge in [-0.25, -0.2) is 0 Å². The normalized spacial score (nSPS) is 33.4. The van der Waals surface area contributed by atoms with Crippen molar-refractivity contribution >= 4 is 0 Å². The van der Waals surface area contributed by atoms with Crippen molar-refractivity contribution in [2.45, 2.75) is 26.7 Å². The van der Waals surface area contributed by atoms with Gasteiger partial charge in [-0.05, 0) is 24.2 Å². The summed E-state index contributed by atoms with van der Waals surface area (Å²) in [5.74, 6) is 0.513. The summed E-state index contributed by atoms with van der Waals surface area (Å²) < 4.78 is 0. The van der Waals surface area contributed by atoms with E-state index in [0.29, 0.717) is 5.92 Å². The van der Waals surface area contributed by atoms with Crippen molar-refractivity contribution in [1.82, 2.24) is 0 Å². The van der Waals surface area contributed by atoms with E-state index >= 15 is 0 Å². The average molecular weight is 184 g/mol. The molecule has 0 bridgehead atoms. The SMILES string of the molecule is C=C1[C@H](CO)C[C@H](CO)CC1(C)C. The number of hydrogen-bond donors (Lipinski definition) is 2. The van der Waals surface area contributed by atoms with Crippen LogP contribution in [0, 0.1) is 17.3 Å². The predicted octanol–water partition coefficient (Wildman–Crippen LogP) is 1.58. The van der Waals surface area contributed by atoms with Crippen molar-refractivity contribution in [1.29, 1.82) is 0 Å². The van der Waals surface area contributed by atoms with Crippen molar-refractivity contribution in [3.63, 3.8) is 0 Å². The van der Waals surface area contributed by atoms with Gasteiger partial charge in [0.1, 0.15) is 0 Å². The molecule has 13 heavy (non-hydrogen) atoms. The largest absolute Gasteiger partial charge is 0.396 e. The van der Waals surface area contributed by atoms with E-state index in [1.54, 1.807) is 0 Å². The van der Waals surface area contributed by atoms with E-state index in [2.05, 4.69) is 20.4 Å². The molecule has 1 aliphatic rings. The first-order chi connectivity index (χ1) is 6.01. The first-order valence-electron chi connectivity index (χ1n) is 4.92. The van der Waals surface area contributed by atoms with E-state index in [-0.39, 0.29) is 24.5 Å². The third kappa shape index (κ3) is 2.12. The van der Waals surface area contributed by atoms with Gasteiger partial charge in [-0.1, -0.05) is 26.0 Å². The van der Waals surface area contributed by atoms with E-state index < -0.39 is 0 Å². The van der Waals surface area contributed by atoms with Crippen LogP contribution in [0.4, 0.5) is 0 Å². The van der Waals surface area contributed by atoms with Gasteiger partial charge in [-0.3, -0.25) is 0 Å². The fraction of sp³-hybridized carbons (Fsp3) is 0.818. The maximum absolute atomic E-state index is 9.16. The highest BCUT2D eigenvalue weighted by Gasteiger charge is 2.36. The summed E-state index contributed by atoms with van der Waals surface area (Å²) in [5, 5.41) is 18.3. The quantitative estimate of drug-likeness (QED) is 0.640. The van der Waals surface area contributed by atoms with Gasteiger partial charge in [0.05, 0.1) is 0 Å². The Balaban J connectivity index is 2.75. The molecule has 1 rings (SSSR count). The molecule has 0 aromatic rings. The van der Waals surface area contributed by atoms with Gasteiger partial charge in [0, 0.05) is 19.1 Å². The topological polar surface area (TPSA) is 40.5 Å². The molecule has 0 aliphatic heterocycles. The van der Waals surface area contributed by atoms with Gasteiger partial charge in [0.2, 0.25) is 0 Å². The number of aliphatic hydroxyl groups is 2. The number of rotatable bonds is 2. The summed E-state index contributed by atoms with van der Waals surface area (Å²) >= 11 is 0. The molecule has 2 nitrogen and oxygen atoms in total. The highest BCUT2D eigenvalue weighted by atomic mass is 16.3. The van der Waals surface area contributed by atoms with E-state index in [1.165, 1.54) is 0 Å². The lowest BCUT2D eigenvalue weighted by molar-refractivity contribution is 0.103. The number of aliphatic hydroxyl groups excluding tert-OH is 2. The highest BCUT2D eigenvalue weighted by Crippen LogP contribution is 2.44. The minimum absolute atomic E-state index is 0.0685. The zero-order valence-electron chi connectivity index (χ0n) is 8.58. The Kier molecular flexibility index (Phi) is 3.14. The molecule has 0 aromatic heterocycles. The van der Waals surface area contributed by atoms with Crippen molar-refractivity contribution in [2.75, 3.05) is 13.2 Å². The second-order valence-corrected chi connectivity index (χ2v) is 4.78. The Labute approximate surface area is 80.3 Å². The van der Waals surface area contributed by atoms with Gasteiger partial charge in [-0.15, -0.1) is 0 Å². The van der Waals surface area contributed by atoms with Gasteiger partial charge in [-0.2, -0.15) is 0 Å². The van der Waals surface area contributed by atoms with E-state index in [9.17, 15) is 0 Å². The van der Waals surface area contributed by atoms with Crippen LogP contribution < -0.4 is 0 Å². The van der Waals surface area contributed by atoms with Crippen LogP contribution in [0.5, 0.6) is 0 Å². The third-order valence-corrected chi connectivity index (χ3v) is 3.26. The summed E-state index contributed by atoms with van der Waals surface area (Å²) in [4.78, 5) is 0. The summed E-state index contributed by atoms with van der Waals surface area (Å²) in [6.45, 7) is 8.72. The first-order valence-corrected chi connectivity index (χ1v) is 4.92. The molecule has 0 saturated heterocycles. The Morgan fingerprint density at radius 3 is 2.46 bits per heavy atom. The van der Waals surface area contributed by atoms with E-state index in [1.807, 2.05) is 0 Å². The molecule has 0 amide bonds. The van der Waals surface area contributed by atoms with E-state index in [4.69, 9.17) is 10.2 Å². The fourth-order valence-electron chi connectivity index (χ4n) is 2.36. The van der Waals surface area contributed by atoms with Crippen LogP contribution in [0.3, 0.4) is 0 Å². The molecule has 0 aromatic carbocycles. The molecule has 2 atom stereocenters. The highest BCUT2D eigenvalue weighted by molar-refractivity contribution is 5.15. The second-order valence-electron chi connectivity index (χ2n) is 4.78. The molecule has 76 valence electrons. The molecule has 0 spiro atoms. The van der Waals surface area contributed by atoms with Crippen LogP contribution in [-0.4, -0.2) is 23.4 Å². The summed E-state index contributed by atoms with van der Waals surface area (Å²) in [6, 6.07) is 0. The minimum atomic E-state index is 0.0685. The zero-order chi connectivity index (χ0) is 10.1. The second kappa shape index (κ2) is 3.81. The Morgan fingerprint density at radius 1 is 1.38 bits per heavy atom. The Bertz CT molecular complexity index is 196. The summed E-state index contributed by atoms with van der Waals surface area (Å²) in [6.07, 6.45) is 1.87. The fourth-order valence-corrected chi connectivity index (χ4v) is 2.36. The third-order valence-electron chi connectivity index (χ3n) is 3.26. The lowest BCUT2D eigenvalue weighted by atomic mass is 9.65. The predicted molar refractivity (Wildman–Crippen MR) is 53.3 cm³/mol. The maximum atomic E-state index is 9.16. The minimum Gasteiger partial charge on any atom is -0.396 e. The maximum Gasteiger partial charge on any atom is 0.0496 e. The lowest BCUT2D eigenvalue weighted by Crippen LogP contribution is -2.34. The number of hydrogen-bond acceptors (Lipinski definition) is 2. The van der Waals surface area contributed by atoms with Crippen LogP contribution in [0.2, 0.25) is 0 Å². The van der Waals surface area contributed by atoms with Crippen LogP contribution in [-0.2, 0) is 0 Å². The Hall–Kier alpha value is -0.340. The zero-order valence-corrected chi connectivity index (χ0v) is 8.58. The van der Waals surface area contributed by atoms with Gasteiger partial charge >= 0.3 is 0 Å². The van der Waals surface area contributed by atoms with Crippen LogP contribution in [0.1, 0.15) is 26.7 Å². The molecule has 2 heteroatoms. The van der Waals surface area contributed by atoms with Crippen molar-refractivity contribution in [3.8, 4) is 0 Å². The van der Waals surface area contributed by atoms with Crippen LogP contribution in [0.15, 0.2) is 12.2 Å². The average Bonchev–Trinajstić information content (AvgIpc) is 2.09. The van der Waals surface area contributed by atoms with Crippen molar-refractivity contribution in [2.24, 2.45) is 17.3 Å². The van der Waals surface area contributed by atoms with Gasteiger partial charge < -0.3 is 10.2 Å². The summed E-state index contributed by atoms with van der Waals surface area (Å²) in [5.41, 5.74) is 1.21. The van der Waals surface area contributed by atoms with Crippen molar-refractivity contribution in [3.05, 3.63) is 12.2 Å². The monoisotopic (exact) mass is 184 g/mol.